The molecule has 0 amide bonds. The van der Waals surface area contributed by atoms with E-state index < -0.39 is 10.3 Å². The Bertz CT molecular complexity index is 74.9. The fourth-order valence-electron chi connectivity index (χ4n) is 0.0891. The van der Waals surface area contributed by atoms with E-state index in [-0.39, 0.29) is 11.8 Å². The van der Waals surface area contributed by atoms with Gasteiger partial charge in [0.05, 0.1) is 0 Å². The summed E-state index contributed by atoms with van der Waals surface area (Å²) in [6.45, 7) is 0. The van der Waals surface area contributed by atoms with Crippen molar-refractivity contribution in [1.29, 1.82) is 0 Å². The van der Waals surface area contributed by atoms with Crippen molar-refractivity contribution >= 4 is 27.7 Å². The van der Waals surface area contributed by atoms with Gasteiger partial charge in [-0.05, 0) is 22.2 Å². The highest BCUT2D eigenvalue weighted by Gasteiger charge is 2.36. The standard InChI is InChI=1S/C3H4BrF3S/c1-8-3(6,7)2(4)5/h2H,1H3. The molecule has 0 nitrogen and oxygen atoms in total. The zero-order chi connectivity index (χ0) is 6.78. The van der Waals surface area contributed by atoms with Crippen molar-refractivity contribution in [1.82, 2.24) is 0 Å². The molecule has 50 valence electrons. The Balaban J connectivity index is 3.71. The van der Waals surface area contributed by atoms with Crippen LogP contribution in [-0.4, -0.2) is 16.6 Å². The van der Waals surface area contributed by atoms with Crippen LogP contribution in [0.3, 0.4) is 0 Å². The summed E-state index contributed by atoms with van der Waals surface area (Å²) in [4.78, 5) is 0. The SMILES string of the molecule is CSC(F)(F)C(F)Br. The molecule has 0 bridgehead atoms. The molecule has 0 rings (SSSR count). The molecule has 0 aliphatic rings. The van der Waals surface area contributed by atoms with Crippen LogP contribution in [0.5, 0.6) is 0 Å². The molecule has 0 saturated heterocycles. The minimum Gasteiger partial charge on any atom is -0.227 e. The normalized spacial score (nSPS) is 16.1. The number of rotatable bonds is 2. The molecule has 0 aromatic heterocycles. The average Bonchev–Trinajstić information content (AvgIpc) is 1.67. The minimum atomic E-state index is -3.29. The quantitative estimate of drug-likeness (QED) is 0.630. The van der Waals surface area contributed by atoms with Crippen molar-refractivity contribution in [2.75, 3.05) is 6.26 Å². The van der Waals surface area contributed by atoms with E-state index in [4.69, 9.17) is 0 Å². The minimum absolute atomic E-state index is 0.180. The van der Waals surface area contributed by atoms with E-state index in [1.54, 1.807) is 0 Å². The Morgan fingerprint density at radius 3 is 2.00 bits per heavy atom. The fourth-order valence-corrected chi connectivity index (χ4v) is 0.828. The first-order valence-corrected chi connectivity index (χ1v) is 3.86. The van der Waals surface area contributed by atoms with Gasteiger partial charge in [-0.3, -0.25) is 0 Å². The second kappa shape index (κ2) is 2.96. The van der Waals surface area contributed by atoms with Crippen molar-refractivity contribution in [3.63, 3.8) is 0 Å². The van der Waals surface area contributed by atoms with Crippen molar-refractivity contribution in [3.8, 4) is 0 Å². The monoisotopic (exact) mass is 208 g/mol. The number of alkyl halides is 4. The van der Waals surface area contributed by atoms with Gasteiger partial charge in [0.25, 0.3) is 0 Å². The van der Waals surface area contributed by atoms with E-state index in [0.717, 1.165) is 6.26 Å². The Kier molecular flexibility index (Phi) is 3.19. The Hall–Kier alpha value is 0.620. The van der Waals surface area contributed by atoms with Crippen LogP contribution < -0.4 is 0 Å². The zero-order valence-electron chi connectivity index (χ0n) is 4.00. The maximum atomic E-state index is 11.8. The van der Waals surface area contributed by atoms with Gasteiger partial charge in [0, 0.05) is 0 Å². The molecule has 5 heteroatoms. The summed E-state index contributed by atoms with van der Waals surface area (Å²) < 4.78 is 35.3. The summed E-state index contributed by atoms with van der Waals surface area (Å²) in [5.41, 5.74) is 0. The summed E-state index contributed by atoms with van der Waals surface area (Å²) in [5.74, 6) is 0. The van der Waals surface area contributed by atoms with Crippen LogP contribution in [-0.2, 0) is 0 Å². The molecule has 0 aromatic rings. The first kappa shape index (κ1) is 8.62. The topological polar surface area (TPSA) is 0 Å². The summed E-state index contributed by atoms with van der Waals surface area (Å²) in [5, 5.41) is -5.54. The van der Waals surface area contributed by atoms with Gasteiger partial charge in [-0.25, -0.2) is 4.39 Å². The largest absolute Gasteiger partial charge is 0.334 e. The molecule has 0 N–H and O–H groups in total. The lowest BCUT2D eigenvalue weighted by Crippen LogP contribution is -2.19. The summed E-state index contributed by atoms with van der Waals surface area (Å²) in [6, 6.07) is 0. The third-order valence-electron chi connectivity index (χ3n) is 0.526. The Morgan fingerprint density at radius 1 is 1.62 bits per heavy atom. The van der Waals surface area contributed by atoms with Gasteiger partial charge in [-0.2, -0.15) is 8.78 Å². The van der Waals surface area contributed by atoms with Gasteiger partial charge >= 0.3 is 5.25 Å². The summed E-state index contributed by atoms with van der Waals surface area (Å²) >= 11 is 2.30. The summed E-state index contributed by atoms with van der Waals surface area (Å²) in [7, 11) is 0. The highest BCUT2D eigenvalue weighted by molar-refractivity contribution is 9.09. The highest BCUT2D eigenvalue weighted by atomic mass is 79.9. The molecule has 0 aliphatic heterocycles. The first-order valence-electron chi connectivity index (χ1n) is 1.72. The maximum absolute atomic E-state index is 11.8. The highest BCUT2D eigenvalue weighted by Crippen LogP contribution is 2.35. The lowest BCUT2D eigenvalue weighted by molar-refractivity contribution is 0.0608. The van der Waals surface area contributed by atoms with Gasteiger partial charge in [0.2, 0.25) is 5.08 Å². The van der Waals surface area contributed by atoms with Crippen LogP contribution in [0.4, 0.5) is 13.2 Å². The third-order valence-corrected chi connectivity index (χ3v) is 2.16. The first-order chi connectivity index (χ1) is 3.50. The molecule has 0 spiro atoms. The molecule has 8 heavy (non-hydrogen) atoms. The lowest BCUT2D eigenvalue weighted by Gasteiger charge is -2.11. The molecule has 0 saturated carbocycles. The molecule has 0 aromatic carbocycles. The maximum Gasteiger partial charge on any atom is 0.334 e. The van der Waals surface area contributed by atoms with E-state index >= 15 is 0 Å². The molecule has 0 fully saturated rings. The van der Waals surface area contributed by atoms with E-state index in [1.807, 2.05) is 0 Å². The van der Waals surface area contributed by atoms with Crippen LogP contribution in [0.1, 0.15) is 0 Å². The van der Waals surface area contributed by atoms with Crippen molar-refractivity contribution in [3.05, 3.63) is 0 Å². The molecule has 0 heterocycles. The second-order valence-electron chi connectivity index (χ2n) is 1.07. The van der Waals surface area contributed by atoms with Crippen LogP contribution in [0.2, 0.25) is 0 Å². The molecule has 0 radical (unpaired) electrons. The molecular weight excluding hydrogens is 205 g/mol. The second-order valence-corrected chi connectivity index (χ2v) is 2.82. The average molecular weight is 209 g/mol. The smallest absolute Gasteiger partial charge is 0.227 e. The van der Waals surface area contributed by atoms with Gasteiger partial charge in [0.1, 0.15) is 0 Å². The van der Waals surface area contributed by atoms with Gasteiger partial charge in [-0.1, -0.05) is 11.8 Å². The summed E-state index contributed by atoms with van der Waals surface area (Å²) in [6.07, 6.45) is 1.15. The number of hydrogen-bond donors (Lipinski definition) is 0. The van der Waals surface area contributed by atoms with E-state index in [1.165, 1.54) is 0 Å². The molecule has 0 aliphatic carbocycles. The van der Waals surface area contributed by atoms with Crippen LogP contribution in [0.25, 0.3) is 0 Å². The van der Waals surface area contributed by atoms with E-state index in [9.17, 15) is 13.2 Å². The van der Waals surface area contributed by atoms with Crippen molar-refractivity contribution in [2.24, 2.45) is 0 Å². The Morgan fingerprint density at radius 2 is 2.00 bits per heavy atom. The van der Waals surface area contributed by atoms with E-state index in [2.05, 4.69) is 15.9 Å². The molecule has 1 unspecified atom stereocenters. The molecule has 1 atom stereocenters. The predicted molar refractivity (Wildman–Crippen MR) is 32.3 cm³/mol. The van der Waals surface area contributed by atoms with Gasteiger partial charge in [-0.15, -0.1) is 0 Å². The van der Waals surface area contributed by atoms with Crippen molar-refractivity contribution in [2.45, 2.75) is 10.3 Å². The lowest BCUT2D eigenvalue weighted by atomic mass is 10.8. The fraction of sp³-hybridized carbons (Fsp3) is 1.00. The number of thioether (sulfide) groups is 1. The molecular formula is C3H4BrF3S. The van der Waals surface area contributed by atoms with Crippen LogP contribution in [0.15, 0.2) is 0 Å². The van der Waals surface area contributed by atoms with E-state index in [0.29, 0.717) is 0 Å². The number of halogens is 4. The van der Waals surface area contributed by atoms with Gasteiger partial charge < -0.3 is 0 Å². The number of hydrogen-bond acceptors (Lipinski definition) is 1. The Labute approximate surface area is 58.0 Å². The van der Waals surface area contributed by atoms with Gasteiger partial charge in [0.15, 0.2) is 0 Å². The van der Waals surface area contributed by atoms with Crippen molar-refractivity contribution < 1.29 is 13.2 Å². The zero-order valence-corrected chi connectivity index (χ0v) is 6.40. The van der Waals surface area contributed by atoms with Crippen LogP contribution >= 0.6 is 27.7 Å². The third kappa shape index (κ3) is 2.26. The predicted octanol–water partition coefficient (Wildman–Crippen LogP) is 2.63. The van der Waals surface area contributed by atoms with Crippen LogP contribution in [0, 0.1) is 0 Å².